The fourth-order valence-electron chi connectivity index (χ4n) is 4.19. The Morgan fingerprint density at radius 2 is 1.90 bits per heavy atom. The number of benzene rings is 1. The summed E-state index contributed by atoms with van der Waals surface area (Å²) in [5, 5.41) is 0. The van der Waals surface area contributed by atoms with E-state index in [9.17, 15) is 9.59 Å². The third kappa shape index (κ3) is 4.64. The predicted octanol–water partition coefficient (Wildman–Crippen LogP) is 3.77. The van der Waals surface area contributed by atoms with E-state index in [1.165, 1.54) is 40.3 Å². The van der Waals surface area contributed by atoms with Crippen molar-refractivity contribution in [1.82, 2.24) is 4.90 Å². The van der Waals surface area contributed by atoms with Crippen LogP contribution in [0.3, 0.4) is 0 Å². The molecule has 0 radical (unpaired) electrons. The van der Waals surface area contributed by atoms with Crippen LogP contribution in [-0.2, 0) is 22.4 Å². The van der Waals surface area contributed by atoms with Gasteiger partial charge in [0.15, 0.2) is 6.61 Å². The van der Waals surface area contributed by atoms with E-state index in [2.05, 4.69) is 24.0 Å². The molecule has 1 aromatic carbocycles. The van der Waals surface area contributed by atoms with Crippen LogP contribution in [0.5, 0.6) is 0 Å². The molecule has 2 aromatic rings. The molecule has 154 valence electrons. The van der Waals surface area contributed by atoms with Gasteiger partial charge in [-0.05, 0) is 48.9 Å². The lowest BCUT2D eigenvalue weighted by atomic mass is 9.87. The zero-order valence-corrected chi connectivity index (χ0v) is 17.7. The molecule has 1 aliphatic carbocycles. The lowest BCUT2D eigenvalue weighted by Crippen LogP contribution is -2.49. The van der Waals surface area contributed by atoms with E-state index in [4.69, 9.17) is 4.74 Å². The van der Waals surface area contributed by atoms with Crippen LogP contribution in [0.1, 0.15) is 39.9 Å². The third-order valence-corrected chi connectivity index (χ3v) is 7.26. The maximum Gasteiger partial charge on any atom is 0.348 e. The zero-order valence-electron chi connectivity index (χ0n) is 16.9. The standard InChI is InChI=1S/C23H28N2O3S/c1-2-17-8-9-20-18(14-17)15-21(29-20)23(27)28-16-22(26)25-12-10-24(11-13-25)19-6-4-3-5-7-19/h3-7,15,17H,2,8-14,16H2,1H3/t17-/m0/s1. The lowest BCUT2D eigenvalue weighted by Gasteiger charge is -2.36. The fourth-order valence-corrected chi connectivity index (χ4v) is 5.29. The second kappa shape index (κ2) is 8.99. The van der Waals surface area contributed by atoms with Gasteiger partial charge < -0.3 is 14.5 Å². The fraction of sp³-hybridized carbons (Fsp3) is 0.478. The van der Waals surface area contributed by atoms with Crippen LogP contribution < -0.4 is 4.90 Å². The highest BCUT2D eigenvalue weighted by Crippen LogP contribution is 2.33. The maximum absolute atomic E-state index is 12.5. The summed E-state index contributed by atoms with van der Waals surface area (Å²) < 4.78 is 5.35. The summed E-state index contributed by atoms with van der Waals surface area (Å²) >= 11 is 1.54. The Hall–Kier alpha value is -2.34. The average molecular weight is 413 g/mol. The Bertz CT molecular complexity index is 856. The summed E-state index contributed by atoms with van der Waals surface area (Å²) in [6.07, 6.45) is 4.49. The van der Waals surface area contributed by atoms with E-state index < -0.39 is 0 Å². The van der Waals surface area contributed by atoms with E-state index in [1.807, 2.05) is 24.3 Å². The topological polar surface area (TPSA) is 49.9 Å². The molecule has 0 unspecified atom stereocenters. The largest absolute Gasteiger partial charge is 0.451 e. The van der Waals surface area contributed by atoms with Crippen molar-refractivity contribution in [3.63, 3.8) is 0 Å². The minimum Gasteiger partial charge on any atom is -0.451 e. The Morgan fingerprint density at radius 1 is 1.14 bits per heavy atom. The van der Waals surface area contributed by atoms with Crippen LogP contribution in [0.4, 0.5) is 5.69 Å². The molecule has 1 aromatic heterocycles. The summed E-state index contributed by atoms with van der Waals surface area (Å²) in [6.45, 7) is 4.93. The van der Waals surface area contributed by atoms with Crippen molar-refractivity contribution in [3.05, 3.63) is 51.7 Å². The van der Waals surface area contributed by atoms with Crippen molar-refractivity contribution < 1.29 is 14.3 Å². The van der Waals surface area contributed by atoms with Gasteiger partial charge in [0.2, 0.25) is 0 Å². The highest BCUT2D eigenvalue weighted by Gasteiger charge is 2.25. The number of carbonyl (C=O) groups is 2. The van der Waals surface area contributed by atoms with Crippen LogP contribution in [0.2, 0.25) is 0 Å². The Balaban J connectivity index is 1.26. The average Bonchev–Trinajstić information content (AvgIpc) is 3.21. The number of aryl methyl sites for hydroxylation is 1. The van der Waals surface area contributed by atoms with Crippen molar-refractivity contribution in [2.45, 2.75) is 32.6 Å². The molecule has 1 amide bonds. The molecule has 1 atom stereocenters. The Labute approximate surface area is 176 Å². The van der Waals surface area contributed by atoms with Gasteiger partial charge in [0.05, 0.1) is 0 Å². The monoisotopic (exact) mass is 412 g/mol. The number of hydrogen-bond donors (Lipinski definition) is 0. The number of anilines is 1. The zero-order chi connectivity index (χ0) is 20.2. The summed E-state index contributed by atoms with van der Waals surface area (Å²) in [5.41, 5.74) is 2.47. The molecule has 1 fully saturated rings. The third-order valence-electron chi connectivity index (χ3n) is 6.04. The molecule has 2 aliphatic rings. The van der Waals surface area contributed by atoms with E-state index in [0.29, 0.717) is 18.0 Å². The number of fused-ring (bicyclic) bond motifs is 1. The van der Waals surface area contributed by atoms with Crippen LogP contribution in [0.15, 0.2) is 36.4 Å². The number of thiophene rings is 1. The van der Waals surface area contributed by atoms with Gasteiger partial charge in [-0.25, -0.2) is 4.79 Å². The van der Waals surface area contributed by atoms with Crippen molar-refractivity contribution in [1.29, 1.82) is 0 Å². The number of hydrogen-bond acceptors (Lipinski definition) is 5. The normalized spacial score (nSPS) is 19.0. The molecule has 1 saturated heterocycles. The number of carbonyl (C=O) groups excluding carboxylic acids is 2. The van der Waals surface area contributed by atoms with Gasteiger partial charge in [-0.15, -0.1) is 11.3 Å². The van der Waals surface area contributed by atoms with Crippen LogP contribution in [0, 0.1) is 5.92 Å². The second-order valence-corrected chi connectivity index (χ2v) is 8.99. The molecule has 4 rings (SSSR count). The summed E-state index contributed by atoms with van der Waals surface area (Å²) in [4.78, 5) is 30.9. The van der Waals surface area contributed by atoms with Gasteiger partial charge in [0.25, 0.3) is 5.91 Å². The van der Waals surface area contributed by atoms with E-state index >= 15 is 0 Å². The highest BCUT2D eigenvalue weighted by molar-refractivity contribution is 7.14. The number of esters is 1. The first-order chi connectivity index (χ1) is 14.1. The number of nitrogens with zero attached hydrogens (tertiary/aromatic N) is 2. The minimum absolute atomic E-state index is 0.113. The van der Waals surface area contributed by atoms with Crippen molar-refractivity contribution in [2.24, 2.45) is 5.92 Å². The summed E-state index contributed by atoms with van der Waals surface area (Å²) in [5.74, 6) is 0.240. The van der Waals surface area contributed by atoms with Gasteiger partial charge in [0.1, 0.15) is 4.88 Å². The summed E-state index contributed by atoms with van der Waals surface area (Å²) in [7, 11) is 0. The molecule has 5 nitrogen and oxygen atoms in total. The van der Waals surface area contributed by atoms with Crippen LogP contribution in [-0.4, -0.2) is 49.6 Å². The van der Waals surface area contributed by atoms with Crippen molar-refractivity contribution >= 4 is 28.9 Å². The van der Waals surface area contributed by atoms with Crippen LogP contribution >= 0.6 is 11.3 Å². The molecule has 0 spiro atoms. The maximum atomic E-state index is 12.5. The smallest absolute Gasteiger partial charge is 0.348 e. The first-order valence-corrected chi connectivity index (χ1v) is 11.3. The van der Waals surface area contributed by atoms with Crippen molar-refractivity contribution in [3.8, 4) is 0 Å². The van der Waals surface area contributed by atoms with E-state index in [0.717, 1.165) is 31.8 Å². The Kier molecular flexibility index (Phi) is 6.19. The molecule has 0 N–H and O–H groups in total. The highest BCUT2D eigenvalue weighted by atomic mass is 32.1. The molecule has 6 heteroatoms. The molecule has 2 heterocycles. The number of ether oxygens (including phenoxy) is 1. The van der Waals surface area contributed by atoms with E-state index in [-0.39, 0.29) is 18.5 Å². The van der Waals surface area contributed by atoms with Gasteiger partial charge in [-0.1, -0.05) is 31.5 Å². The van der Waals surface area contributed by atoms with Gasteiger partial charge in [0, 0.05) is 36.7 Å². The van der Waals surface area contributed by atoms with Gasteiger partial charge in [-0.2, -0.15) is 0 Å². The molecular formula is C23H28N2O3S. The SMILES string of the molecule is CC[C@H]1CCc2sc(C(=O)OCC(=O)N3CCN(c4ccccc4)CC3)cc2C1. The van der Waals surface area contributed by atoms with Gasteiger partial charge in [-0.3, -0.25) is 4.79 Å². The number of amides is 1. The Morgan fingerprint density at radius 3 is 2.62 bits per heavy atom. The first-order valence-electron chi connectivity index (χ1n) is 10.5. The minimum atomic E-state index is -0.367. The summed E-state index contributed by atoms with van der Waals surface area (Å²) in [6, 6.07) is 12.2. The molecule has 1 aliphatic heterocycles. The van der Waals surface area contributed by atoms with Crippen LogP contribution in [0.25, 0.3) is 0 Å². The van der Waals surface area contributed by atoms with Crippen molar-refractivity contribution in [2.75, 3.05) is 37.7 Å². The molecule has 29 heavy (non-hydrogen) atoms. The van der Waals surface area contributed by atoms with E-state index in [1.54, 1.807) is 4.90 Å². The number of rotatable bonds is 5. The molecular weight excluding hydrogens is 384 g/mol. The first kappa shape index (κ1) is 20.0. The number of para-hydroxylation sites is 1. The quantitative estimate of drug-likeness (QED) is 0.702. The van der Waals surface area contributed by atoms with Gasteiger partial charge >= 0.3 is 5.97 Å². The molecule has 0 bridgehead atoms. The molecule has 0 saturated carbocycles. The second-order valence-electron chi connectivity index (χ2n) is 7.86. The predicted molar refractivity (Wildman–Crippen MR) is 116 cm³/mol. The number of piperazine rings is 1. The lowest BCUT2D eigenvalue weighted by molar-refractivity contribution is -0.134.